The molecule has 184 valence electrons. The number of hydrogen-bond donors (Lipinski definition) is 1. The third kappa shape index (κ3) is 5.53. The van der Waals surface area contributed by atoms with Gasteiger partial charge in [-0.3, -0.25) is 14.9 Å². The standard InChI is InChI=1S/C26H19ClFIN2O4S/c1-2-34-22-13-15(12-20(29)23(22)35-14-16-7-3-4-8-18(16)27)11-17-24(32)30-26(36)31(25(17)33)21-10-6-5-9-19(21)28/h3-13H,2,14H2,1H3,(H,30,32,36)/b17-11+. The lowest BCUT2D eigenvalue weighted by molar-refractivity contribution is -0.122. The minimum Gasteiger partial charge on any atom is -0.490 e. The number of rotatable bonds is 7. The van der Waals surface area contributed by atoms with Gasteiger partial charge >= 0.3 is 0 Å². The smallest absolute Gasteiger partial charge is 0.270 e. The molecule has 0 aromatic heterocycles. The Balaban J connectivity index is 1.68. The van der Waals surface area contributed by atoms with Crippen LogP contribution in [0.2, 0.25) is 5.02 Å². The fourth-order valence-corrected chi connectivity index (χ4v) is 4.76. The summed E-state index contributed by atoms with van der Waals surface area (Å²) in [7, 11) is 0. The predicted molar refractivity (Wildman–Crippen MR) is 149 cm³/mol. The summed E-state index contributed by atoms with van der Waals surface area (Å²) in [6.45, 7) is 2.43. The molecule has 6 nitrogen and oxygen atoms in total. The third-order valence-corrected chi connectivity index (χ3v) is 6.62. The molecule has 1 N–H and O–H groups in total. The number of halogens is 3. The highest BCUT2D eigenvalue weighted by atomic mass is 127. The van der Waals surface area contributed by atoms with Crippen molar-refractivity contribution in [3.63, 3.8) is 0 Å². The number of nitrogens with one attached hydrogen (secondary N) is 1. The monoisotopic (exact) mass is 636 g/mol. The summed E-state index contributed by atoms with van der Waals surface area (Å²) < 4.78 is 26.9. The van der Waals surface area contributed by atoms with Crippen molar-refractivity contribution in [3.05, 3.63) is 91.8 Å². The van der Waals surface area contributed by atoms with Crippen LogP contribution in [0.1, 0.15) is 18.1 Å². The zero-order chi connectivity index (χ0) is 25.8. The van der Waals surface area contributed by atoms with Gasteiger partial charge in [0.15, 0.2) is 16.6 Å². The van der Waals surface area contributed by atoms with Gasteiger partial charge in [-0.25, -0.2) is 9.29 Å². The fraction of sp³-hybridized carbons (Fsp3) is 0.115. The van der Waals surface area contributed by atoms with Crippen LogP contribution in [-0.4, -0.2) is 23.5 Å². The first kappa shape index (κ1) is 26.1. The van der Waals surface area contributed by atoms with Crippen molar-refractivity contribution in [2.45, 2.75) is 13.5 Å². The minimum absolute atomic E-state index is 0.0497. The quantitative estimate of drug-likeness (QED) is 0.152. The van der Waals surface area contributed by atoms with E-state index in [9.17, 15) is 14.0 Å². The van der Waals surface area contributed by atoms with Gasteiger partial charge in [0.1, 0.15) is 18.0 Å². The van der Waals surface area contributed by atoms with E-state index in [1.165, 1.54) is 24.3 Å². The Kier molecular flexibility index (Phi) is 8.22. The van der Waals surface area contributed by atoms with Crippen molar-refractivity contribution in [2.24, 2.45) is 0 Å². The summed E-state index contributed by atoms with van der Waals surface area (Å²) in [6, 6.07) is 16.5. The molecule has 1 heterocycles. The first-order valence-electron chi connectivity index (χ1n) is 10.8. The molecule has 3 aromatic rings. The van der Waals surface area contributed by atoms with Gasteiger partial charge < -0.3 is 9.47 Å². The van der Waals surface area contributed by atoms with Gasteiger partial charge in [-0.2, -0.15) is 0 Å². The van der Waals surface area contributed by atoms with E-state index in [1.54, 1.807) is 24.3 Å². The summed E-state index contributed by atoms with van der Waals surface area (Å²) in [5.74, 6) is -1.11. The number of anilines is 1. The molecule has 0 saturated carbocycles. The number of amides is 2. The van der Waals surface area contributed by atoms with Gasteiger partial charge in [-0.15, -0.1) is 0 Å². The lowest BCUT2D eigenvalue weighted by Crippen LogP contribution is -2.54. The maximum atomic E-state index is 14.4. The van der Waals surface area contributed by atoms with Crippen molar-refractivity contribution in [2.75, 3.05) is 11.5 Å². The molecule has 0 spiro atoms. The molecule has 0 bridgehead atoms. The van der Waals surface area contributed by atoms with Crippen LogP contribution < -0.4 is 19.7 Å². The molecule has 0 atom stereocenters. The molecular weight excluding hydrogens is 618 g/mol. The Hall–Kier alpha value is -3.02. The zero-order valence-corrected chi connectivity index (χ0v) is 22.6. The van der Waals surface area contributed by atoms with Crippen molar-refractivity contribution >= 4 is 75.1 Å². The van der Waals surface area contributed by atoms with Crippen molar-refractivity contribution in [1.29, 1.82) is 0 Å². The zero-order valence-electron chi connectivity index (χ0n) is 18.9. The minimum atomic E-state index is -0.735. The molecule has 36 heavy (non-hydrogen) atoms. The highest BCUT2D eigenvalue weighted by Crippen LogP contribution is 2.36. The Labute approximate surface area is 231 Å². The van der Waals surface area contributed by atoms with Gasteiger partial charge in [0, 0.05) is 10.6 Å². The number of thiocarbonyl (C=S) groups is 1. The largest absolute Gasteiger partial charge is 0.490 e. The van der Waals surface area contributed by atoms with Crippen LogP contribution in [0, 0.1) is 9.39 Å². The molecule has 4 rings (SSSR count). The van der Waals surface area contributed by atoms with Crippen LogP contribution in [-0.2, 0) is 16.2 Å². The first-order chi connectivity index (χ1) is 17.3. The van der Waals surface area contributed by atoms with Crippen LogP contribution in [0.5, 0.6) is 11.5 Å². The lowest BCUT2D eigenvalue weighted by Gasteiger charge is -2.29. The molecule has 1 aliphatic heterocycles. The average molecular weight is 637 g/mol. The molecule has 3 aromatic carbocycles. The van der Waals surface area contributed by atoms with Crippen LogP contribution >= 0.6 is 46.4 Å². The molecular formula is C26H19ClFIN2O4S. The second kappa shape index (κ2) is 11.4. The van der Waals surface area contributed by atoms with Gasteiger partial charge in [0.25, 0.3) is 11.8 Å². The van der Waals surface area contributed by atoms with E-state index in [2.05, 4.69) is 27.9 Å². The van der Waals surface area contributed by atoms with Gasteiger partial charge in [0.2, 0.25) is 0 Å². The molecule has 2 amide bonds. The SMILES string of the molecule is CCOc1cc(/C=C2\C(=O)NC(=S)N(c3ccccc3F)C2=O)cc(I)c1OCc1ccccc1Cl. The number of benzene rings is 3. The van der Waals surface area contributed by atoms with Crippen molar-refractivity contribution in [3.8, 4) is 11.5 Å². The van der Waals surface area contributed by atoms with Crippen LogP contribution in [0.3, 0.4) is 0 Å². The van der Waals surface area contributed by atoms with E-state index in [0.717, 1.165) is 10.5 Å². The Morgan fingerprint density at radius 2 is 1.83 bits per heavy atom. The number of carbonyl (C=O) groups excluding carboxylic acids is 2. The van der Waals surface area contributed by atoms with Crippen LogP contribution in [0.25, 0.3) is 6.08 Å². The first-order valence-corrected chi connectivity index (χ1v) is 12.6. The normalized spacial score (nSPS) is 14.7. The number of para-hydroxylation sites is 1. The highest BCUT2D eigenvalue weighted by Gasteiger charge is 2.35. The summed E-state index contributed by atoms with van der Waals surface area (Å²) >= 11 is 13.5. The summed E-state index contributed by atoms with van der Waals surface area (Å²) in [5.41, 5.74) is 1.09. The van der Waals surface area contributed by atoms with Crippen LogP contribution in [0.15, 0.2) is 66.2 Å². The lowest BCUT2D eigenvalue weighted by atomic mass is 10.1. The van der Waals surface area contributed by atoms with E-state index in [0.29, 0.717) is 32.3 Å². The van der Waals surface area contributed by atoms with E-state index in [1.807, 2.05) is 25.1 Å². The molecule has 0 aliphatic carbocycles. The summed E-state index contributed by atoms with van der Waals surface area (Å²) in [5, 5.41) is 2.85. The number of ether oxygens (including phenoxy) is 2. The number of carbonyl (C=O) groups is 2. The molecule has 10 heteroatoms. The molecule has 0 radical (unpaired) electrons. The van der Waals surface area contributed by atoms with Crippen LogP contribution in [0.4, 0.5) is 10.1 Å². The predicted octanol–water partition coefficient (Wildman–Crippen LogP) is 5.89. The second-order valence-corrected chi connectivity index (χ2v) is 9.51. The average Bonchev–Trinajstić information content (AvgIpc) is 2.83. The second-order valence-electron chi connectivity index (χ2n) is 7.55. The Morgan fingerprint density at radius 1 is 1.11 bits per heavy atom. The Bertz CT molecular complexity index is 1400. The van der Waals surface area contributed by atoms with E-state index < -0.39 is 17.6 Å². The number of nitrogens with zero attached hydrogens (tertiary/aromatic N) is 1. The van der Waals surface area contributed by atoms with Crippen molar-refractivity contribution in [1.82, 2.24) is 5.32 Å². The van der Waals surface area contributed by atoms with Gasteiger partial charge in [-0.1, -0.05) is 41.9 Å². The molecule has 0 unspecified atom stereocenters. The fourth-order valence-electron chi connectivity index (χ4n) is 3.52. The van der Waals surface area contributed by atoms with Crippen molar-refractivity contribution < 1.29 is 23.5 Å². The topological polar surface area (TPSA) is 67.9 Å². The molecule has 1 aliphatic rings. The van der Waals surface area contributed by atoms with E-state index >= 15 is 0 Å². The van der Waals surface area contributed by atoms with E-state index in [4.69, 9.17) is 33.3 Å². The Morgan fingerprint density at radius 3 is 2.56 bits per heavy atom. The maximum Gasteiger partial charge on any atom is 0.270 e. The number of hydrogen-bond acceptors (Lipinski definition) is 5. The van der Waals surface area contributed by atoms with Gasteiger partial charge in [-0.05, 0) is 83.7 Å². The molecule has 1 saturated heterocycles. The highest BCUT2D eigenvalue weighted by molar-refractivity contribution is 14.1. The summed E-state index contributed by atoms with van der Waals surface area (Å²) in [6.07, 6.45) is 1.41. The van der Waals surface area contributed by atoms with E-state index in [-0.39, 0.29) is 23.0 Å². The van der Waals surface area contributed by atoms with Gasteiger partial charge in [0.05, 0.1) is 15.9 Å². The molecule has 1 fully saturated rings. The maximum absolute atomic E-state index is 14.4. The summed E-state index contributed by atoms with van der Waals surface area (Å²) in [4.78, 5) is 26.9. The third-order valence-electron chi connectivity index (χ3n) is 5.17.